The Morgan fingerprint density at radius 2 is 1.72 bits per heavy atom. The fourth-order valence-corrected chi connectivity index (χ4v) is 4.79. The van der Waals surface area contributed by atoms with Crippen molar-refractivity contribution in [3.63, 3.8) is 0 Å². The molecule has 9 N–H and O–H groups in total. The molecule has 11 atom stereocenters. The molecule has 0 amide bonds. The quantitative estimate of drug-likeness (QED) is 0.133. The molecule has 1 aromatic rings. The Kier molecular flexibility index (Phi) is 7.43. The summed E-state index contributed by atoms with van der Waals surface area (Å²) in [6, 6.07) is 3.17. The smallest absolute Gasteiger partial charge is 0.338 e. The van der Waals surface area contributed by atoms with Crippen LogP contribution >= 0.6 is 0 Å². The van der Waals surface area contributed by atoms with Gasteiger partial charge in [-0.2, -0.15) is 0 Å². The highest BCUT2D eigenvalue weighted by Crippen LogP contribution is 2.48. The topological polar surface area (TPSA) is 236 Å². The molecule has 36 heavy (non-hydrogen) atoms. The van der Waals surface area contributed by atoms with E-state index in [-0.39, 0.29) is 5.56 Å². The van der Waals surface area contributed by atoms with Gasteiger partial charge in [-0.25, -0.2) is 4.79 Å². The van der Waals surface area contributed by atoms with Crippen LogP contribution in [-0.4, -0.2) is 120 Å². The number of carbonyl (C=O) groups is 1. The van der Waals surface area contributed by atoms with Crippen LogP contribution in [0.2, 0.25) is 0 Å². The minimum Gasteiger partial charge on any atom is -0.504 e. The zero-order chi connectivity index (χ0) is 26.4. The van der Waals surface area contributed by atoms with Crippen LogP contribution in [-0.2, 0) is 18.9 Å². The molecule has 1 saturated heterocycles. The van der Waals surface area contributed by atoms with E-state index in [0.717, 1.165) is 18.4 Å². The lowest BCUT2D eigenvalue weighted by atomic mass is 9.83. The van der Waals surface area contributed by atoms with Crippen LogP contribution < -0.4 is 0 Å². The molecule has 1 aromatic carbocycles. The summed E-state index contributed by atoms with van der Waals surface area (Å²) in [5.74, 6) is -4.35. The van der Waals surface area contributed by atoms with Gasteiger partial charge in [-0.15, -0.1) is 0 Å². The average Bonchev–Trinajstić information content (AvgIpc) is 3.08. The molecular formula is C22H28O14. The van der Waals surface area contributed by atoms with E-state index in [1.807, 2.05) is 0 Å². The number of hydrogen-bond donors (Lipinski definition) is 9. The summed E-state index contributed by atoms with van der Waals surface area (Å²) < 4.78 is 21.7. The third-order valence-corrected chi connectivity index (χ3v) is 6.83. The molecule has 0 radical (unpaired) electrons. The predicted octanol–water partition coefficient (Wildman–Crippen LogP) is -3.36. The van der Waals surface area contributed by atoms with Gasteiger partial charge in [0.15, 0.2) is 17.8 Å². The molecule has 2 heterocycles. The third-order valence-electron chi connectivity index (χ3n) is 6.83. The van der Waals surface area contributed by atoms with Gasteiger partial charge in [0.1, 0.15) is 42.2 Å². The van der Waals surface area contributed by atoms with E-state index < -0.39 is 97.3 Å². The molecule has 1 aliphatic carbocycles. The first-order chi connectivity index (χ1) is 17.0. The number of aliphatic hydroxyl groups is 7. The van der Waals surface area contributed by atoms with Gasteiger partial charge in [0, 0.05) is 5.92 Å². The first-order valence-electron chi connectivity index (χ1n) is 11.1. The van der Waals surface area contributed by atoms with Gasteiger partial charge < -0.3 is 64.9 Å². The highest BCUT2D eigenvalue weighted by Gasteiger charge is 2.65. The fraction of sp³-hybridized carbons (Fsp3) is 0.591. The largest absolute Gasteiger partial charge is 0.504 e. The van der Waals surface area contributed by atoms with Crippen LogP contribution in [0.4, 0.5) is 0 Å². The second-order valence-corrected chi connectivity index (χ2v) is 8.94. The summed E-state index contributed by atoms with van der Waals surface area (Å²) in [4.78, 5) is 12.7. The monoisotopic (exact) mass is 516 g/mol. The number of aliphatic hydroxyl groups excluding tert-OH is 6. The predicted molar refractivity (Wildman–Crippen MR) is 113 cm³/mol. The zero-order valence-corrected chi connectivity index (χ0v) is 18.6. The van der Waals surface area contributed by atoms with Gasteiger partial charge in [-0.1, -0.05) is 0 Å². The Bertz CT molecular complexity index is 983. The second-order valence-electron chi connectivity index (χ2n) is 8.94. The Balaban J connectivity index is 1.57. The molecule has 0 bridgehead atoms. The fourth-order valence-electron chi connectivity index (χ4n) is 4.79. The molecule has 0 aromatic heterocycles. The summed E-state index contributed by atoms with van der Waals surface area (Å²) in [6.07, 6.45) is -10.4. The van der Waals surface area contributed by atoms with E-state index in [4.69, 9.17) is 18.9 Å². The van der Waals surface area contributed by atoms with Crippen LogP contribution in [0, 0.1) is 11.8 Å². The molecule has 0 unspecified atom stereocenters. The van der Waals surface area contributed by atoms with Crippen molar-refractivity contribution < 1.29 is 69.7 Å². The Morgan fingerprint density at radius 3 is 2.36 bits per heavy atom. The maximum absolute atomic E-state index is 12.7. The average molecular weight is 516 g/mol. The van der Waals surface area contributed by atoms with Crippen LogP contribution in [0.5, 0.6) is 11.5 Å². The Labute approximate surface area is 203 Å². The number of esters is 1. The second kappa shape index (κ2) is 10.1. The number of ether oxygens (including phenoxy) is 4. The lowest BCUT2D eigenvalue weighted by Gasteiger charge is -2.43. The summed E-state index contributed by atoms with van der Waals surface area (Å²) in [6.45, 7) is -1.73. The van der Waals surface area contributed by atoms with Crippen LogP contribution in [0.1, 0.15) is 10.4 Å². The van der Waals surface area contributed by atoms with Crippen molar-refractivity contribution in [3.05, 3.63) is 36.1 Å². The minimum atomic E-state index is -2.34. The normalized spacial score (nSPS) is 42.0. The first-order valence-corrected chi connectivity index (χ1v) is 11.1. The van der Waals surface area contributed by atoms with Gasteiger partial charge in [-0.05, 0) is 24.3 Å². The molecule has 4 rings (SSSR count). The highest BCUT2D eigenvalue weighted by molar-refractivity contribution is 5.90. The number of fused-ring (bicyclic) bond motifs is 1. The molecule has 2 fully saturated rings. The molecule has 14 nitrogen and oxygen atoms in total. The van der Waals surface area contributed by atoms with Gasteiger partial charge >= 0.3 is 5.97 Å². The number of carbonyl (C=O) groups excluding carboxylic acids is 1. The number of aromatic hydroxyl groups is 2. The molecule has 2 aliphatic heterocycles. The van der Waals surface area contributed by atoms with Crippen LogP contribution in [0.25, 0.3) is 0 Å². The summed E-state index contributed by atoms with van der Waals surface area (Å²) >= 11 is 0. The Hall–Kier alpha value is -2.53. The lowest BCUT2D eigenvalue weighted by Crippen LogP contribution is -2.61. The van der Waals surface area contributed by atoms with E-state index in [1.165, 1.54) is 12.1 Å². The number of hydrogen-bond acceptors (Lipinski definition) is 14. The maximum atomic E-state index is 12.7. The van der Waals surface area contributed by atoms with Gasteiger partial charge in [-0.3, -0.25) is 0 Å². The van der Waals surface area contributed by atoms with Gasteiger partial charge in [0.2, 0.25) is 6.29 Å². The van der Waals surface area contributed by atoms with Crippen LogP contribution in [0.3, 0.4) is 0 Å². The first kappa shape index (κ1) is 26.5. The van der Waals surface area contributed by atoms with E-state index in [9.17, 15) is 50.8 Å². The molecule has 1 saturated carbocycles. The third kappa shape index (κ3) is 4.40. The number of benzene rings is 1. The van der Waals surface area contributed by atoms with Gasteiger partial charge in [0.25, 0.3) is 0 Å². The molecule has 200 valence electrons. The molecule has 3 aliphatic rings. The van der Waals surface area contributed by atoms with Crippen molar-refractivity contribution in [1.82, 2.24) is 0 Å². The van der Waals surface area contributed by atoms with Crippen molar-refractivity contribution >= 4 is 5.97 Å². The van der Waals surface area contributed by atoms with Crippen molar-refractivity contribution in [2.75, 3.05) is 13.2 Å². The highest BCUT2D eigenvalue weighted by atomic mass is 16.8. The van der Waals surface area contributed by atoms with E-state index in [0.29, 0.717) is 0 Å². The number of rotatable bonds is 6. The summed E-state index contributed by atoms with van der Waals surface area (Å²) in [5, 5.41) is 90.7. The Morgan fingerprint density at radius 1 is 1.00 bits per heavy atom. The van der Waals surface area contributed by atoms with E-state index in [2.05, 4.69) is 0 Å². The van der Waals surface area contributed by atoms with Crippen LogP contribution in [0.15, 0.2) is 30.5 Å². The SMILES string of the molecule is O=C(O[C@@H]1[C@@H]2C=CO[C@H](O[C@@H]3O[C@@H](CO)[C@@H](O)[C@@H](O)[C@H]3O)[C@@H]2[C@](O)(CO)[C@@H]1O)c1ccc(O)c(O)c1. The van der Waals surface area contributed by atoms with Crippen molar-refractivity contribution in [2.45, 2.75) is 54.8 Å². The van der Waals surface area contributed by atoms with Crippen molar-refractivity contribution in [1.29, 1.82) is 0 Å². The van der Waals surface area contributed by atoms with E-state index >= 15 is 0 Å². The van der Waals surface area contributed by atoms with E-state index in [1.54, 1.807) is 0 Å². The standard InChI is InChI=1S/C22H28O14/c23-6-12-14(27)15(28)16(29)21(34-12)36-20-13-9(3-4-33-20)17(18(30)22(13,32)7-24)35-19(31)8-1-2-10(25)11(26)5-8/h1-5,9,12-18,20-21,23-30,32H,6-7H2/t9-,12+,13-,14-,15-,16-,17-,18-,20-,21+,22-/m1/s1. The number of phenols is 2. The number of phenolic OH excluding ortho intramolecular Hbond substituents is 2. The van der Waals surface area contributed by atoms with Gasteiger partial charge in [0.05, 0.1) is 31.0 Å². The van der Waals surface area contributed by atoms with Crippen molar-refractivity contribution in [2.24, 2.45) is 11.8 Å². The lowest BCUT2D eigenvalue weighted by molar-refractivity contribution is -0.348. The zero-order valence-electron chi connectivity index (χ0n) is 18.6. The maximum Gasteiger partial charge on any atom is 0.338 e. The summed E-state index contributed by atoms with van der Waals surface area (Å²) in [5.41, 5.74) is -2.50. The molecule has 0 spiro atoms. The molecular weight excluding hydrogens is 488 g/mol. The summed E-state index contributed by atoms with van der Waals surface area (Å²) in [7, 11) is 0. The molecule has 14 heteroatoms. The minimum absolute atomic E-state index is 0.168. The van der Waals surface area contributed by atoms with Crippen molar-refractivity contribution in [3.8, 4) is 11.5 Å².